The summed E-state index contributed by atoms with van der Waals surface area (Å²) in [4.78, 5) is 31.0. The smallest absolute Gasteiger partial charge is 0.285 e. The third-order valence-electron chi connectivity index (χ3n) is 6.30. The Morgan fingerprint density at radius 1 is 1.24 bits per heavy atom. The van der Waals surface area contributed by atoms with Crippen molar-refractivity contribution in [1.29, 1.82) is 5.26 Å². The number of anilines is 1. The van der Waals surface area contributed by atoms with Crippen molar-refractivity contribution in [3.63, 3.8) is 0 Å². The predicted octanol–water partition coefficient (Wildman–Crippen LogP) is 3.35. The van der Waals surface area contributed by atoms with Crippen LogP contribution in [0.25, 0.3) is 27.5 Å². The Kier molecular flexibility index (Phi) is 7.02. The van der Waals surface area contributed by atoms with Gasteiger partial charge in [0.2, 0.25) is 10.9 Å². The minimum atomic E-state index is -0.174. The summed E-state index contributed by atoms with van der Waals surface area (Å²) in [6.07, 6.45) is 4.98. The molecule has 194 valence electrons. The highest BCUT2D eigenvalue weighted by Gasteiger charge is 2.31. The van der Waals surface area contributed by atoms with Gasteiger partial charge < -0.3 is 15.5 Å². The van der Waals surface area contributed by atoms with Gasteiger partial charge in [-0.1, -0.05) is 11.3 Å². The van der Waals surface area contributed by atoms with Gasteiger partial charge in [-0.15, -0.1) is 10.2 Å². The summed E-state index contributed by atoms with van der Waals surface area (Å²) in [7, 11) is 0. The van der Waals surface area contributed by atoms with Gasteiger partial charge in [-0.2, -0.15) is 10.4 Å². The number of carbonyl (C=O) groups excluding carboxylic acids is 2. The maximum Gasteiger partial charge on any atom is 0.285 e. The maximum atomic E-state index is 13.2. The molecule has 0 aliphatic carbocycles. The van der Waals surface area contributed by atoms with Crippen LogP contribution >= 0.6 is 11.3 Å². The van der Waals surface area contributed by atoms with Gasteiger partial charge >= 0.3 is 0 Å². The fourth-order valence-electron chi connectivity index (χ4n) is 4.57. The van der Waals surface area contributed by atoms with Crippen LogP contribution in [-0.4, -0.2) is 66.7 Å². The van der Waals surface area contributed by atoms with Crippen molar-refractivity contribution in [2.24, 2.45) is 0 Å². The Labute approximate surface area is 223 Å². The molecule has 2 amide bonds. The third kappa shape index (κ3) is 5.05. The van der Waals surface area contributed by atoms with Crippen LogP contribution in [-0.2, 0) is 4.79 Å². The molecule has 5 heterocycles. The molecule has 0 spiro atoms. The number of nitrogens with zero attached hydrogens (tertiary/aromatic N) is 7. The molecule has 4 aromatic heterocycles. The van der Waals surface area contributed by atoms with E-state index < -0.39 is 0 Å². The van der Waals surface area contributed by atoms with Crippen molar-refractivity contribution < 1.29 is 9.59 Å². The fraction of sp³-hybridized carbons (Fsp3) is 0.346. The van der Waals surface area contributed by atoms with Crippen molar-refractivity contribution in [2.75, 3.05) is 18.4 Å². The van der Waals surface area contributed by atoms with Crippen LogP contribution in [0, 0.1) is 11.3 Å². The lowest BCUT2D eigenvalue weighted by Gasteiger charge is -2.23. The number of fused-ring (bicyclic) bond motifs is 1. The predicted molar refractivity (Wildman–Crippen MR) is 144 cm³/mol. The maximum absolute atomic E-state index is 13.2. The van der Waals surface area contributed by atoms with Crippen molar-refractivity contribution in [1.82, 2.24) is 35.0 Å². The first-order valence-electron chi connectivity index (χ1n) is 12.4. The summed E-state index contributed by atoms with van der Waals surface area (Å²) in [6, 6.07) is 9.72. The number of hydrogen-bond donors (Lipinski definition) is 2. The van der Waals surface area contributed by atoms with Crippen molar-refractivity contribution in [3.05, 3.63) is 47.2 Å². The summed E-state index contributed by atoms with van der Waals surface area (Å²) in [5.74, 6) is -0.286. The highest BCUT2D eigenvalue weighted by atomic mass is 32.1. The first-order chi connectivity index (χ1) is 18.3. The second kappa shape index (κ2) is 10.5. The Bertz CT molecular complexity index is 1550. The Hall–Kier alpha value is -4.37. The van der Waals surface area contributed by atoms with Gasteiger partial charge in [0.05, 0.1) is 34.2 Å². The van der Waals surface area contributed by atoms with E-state index in [2.05, 4.69) is 37.0 Å². The zero-order valence-corrected chi connectivity index (χ0v) is 22.1. The Balaban J connectivity index is 1.44. The summed E-state index contributed by atoms with van der Waals surface area (Å²) in [6.45, 7) is 6.61. The normalized spacial score (nSPS) is 15.1. The number of likely N-dealkylation sites (tertiary alicyclic amines) is 1. The van der Waals surface area contributed by atoms with Gasteiger partial charge in [0.15, 0.2) is 5.01 Å². The highest BCUT2D eigenvalue weighted by molar-refractivity contribution is 7.16. The third-order valence-corrected chi connectivity index (χ3v) is 7.25. The number of pyridine rings is 1. The average molecular weight is 530 g/mol. The van der Waals surface area contributed by atoms with Crippen LogP contribution < -0.4 is 10.6 Å². The van der Waals surface area contributed by atoms with Gasteiger partial charge in [-0.05, 0) is 51.0 Å². The van der Waals surface area contributed by atoms with E-state index in [0.29, 0.717) is 34.4 Å². The first kappa shape index (κ1) is 25.3. The van der Waals surface area contributed by atoms with E-state index in [1.165, 1.54) is 24.5 Å². The lowest BCUT2D eigenvalue weighted by atomic mass is 10.1. The molecule has 1 aliphatic heterocycles. The summed E-state index contributed by atoms with van der Waals surface area (Å²) in [5.41, 5.74) is 4.34. The van der Waals surface area contributed by atoms with E-state index in [9.17, 15) is 9.59 Å². The number of hydrogen-bond acceptors (Lipinski definition) is 9. The molecule has 1 unspecified atom stereocenters. The molecule has 11 nitrogen and oxygen atoms in total. The number of nitriles is 1. The number of carbonyl (C=O) groups is 2. The van der Waals surface area contributed by atoms with Crippen LogP contribution in [0.2, 0.25) is 0 Å². The number of nitrogens with one attached hydrogen (secondary N) is 2. The molecule has 1 atom stereocenters. The topological polar surface area (TPSA) is 141 Å². The molecule has 38 heavy (non-hydrogen) atoms. The largest absolute Gasteiger partial charge is 0.382 e. The second-order valence-electron chi connectivity index (χ2n) is 9.47. The van der Waals surface area contributed by atoms with Crippen LogP contribution in [0.15, 0.2) is 36.7 Å². The van der Waals surface area contributed by atoms with Gasteiger partial charge in [0.1, 0.15) is 6.07 Å². The molecule has 2 N–H and O–H groups in total. The molecule has 12 heteroatoms. The molecule has 1 saturated heterocycles. The van der Waals surface area contributed by atoms with E-state index in [4.69, 9.17) is 5.26 Å². The molecule has 1 fully saturated rings. The Morgan fingerprint density at radius 3 is 2.84 bits per heavy atom. The Morgan fingerprint density at radius 2 is 2.08 bits per heavy atom. The summed E-state index contributed by atoms with van der Waals surface area (Å²) in [5, 5.41) is 29.3. The SMILES string of the molecule is CC(=O)NCC1CCCN1C(=O)c1nnc(-c2cnc(-c3ccc4cc(C#N)cnn34)cc2NC(C)C)s1. The zero-order valence-electron chi connectivity index (χ0n) is 21.3. The van der Waals surface area contributed by atoms with E-state index in [-0.39, 0.29) is 23.9 Å². The van der Waals surface area contributed by atoms with E-state index in [1.54, 1.807) is 21.7 Å². The summed E-state index contributed by atoms with van der Waals surface area (Å²) >= 11 is 1.23. The minimum Gasteiger partial charge on any atom is -0.382 e. The highest BCUT2D eigenvalue weighted by Crippen LogP contribution is 2.34. The molecular formula is C26H27N9O2S. The molecular weight excluding hydrogens is 502 g/mol. The fourth-order valence-corrected chi connectivity index (χ4v) is 5.39. The van der Waals surface area contributed by atoms with E-state index in [0.717, 1.165) is 35.3 Å². The van der Waals surface area contributed by atoms with E-state index >= 15 is 0 Å². The molecule has 0 aromatic carbocycles. The van der Waals surface area contributed by atoms with Crippen molar-refractivity contribution in [3.8, 4) is 28.0 Å². The summed E-state index contributed by atoms with van der Waals surface area (Å²) < 4.78 is 1.75. The van der Waals surface area contributed by atoms with E-state index in [1.807, 2.05) is 32.0 Å². The quantitative estimate of drug-likeness (QED) is 0.371. The van der Waals surface area contributed by atoms with Crippen LogP contribution in [0.3, 0.4) is 0 Å². The molecule has 5 rings (SSSR count). The standard InChI is InChI=1S/C26H27N9O2S/c1-15(2)31-21-10-22(23-7-6-18-9-17(11-27)12-30-35(18)23)29-14-20(21)24-32-33-25(38-24)26(37)34-8-4-5-19(34)13-28-16(3)36/h6-7,9-10,12,14-15,19H,4-5,8,13H2,1-3H3,(H,28,36)(H,29,31). The molecule has 0 saturated carbocycles. The molecule has 0 radical (unpaired) electrons. The van der Waals surface area contributed by atoms with Crippen LogP contribution in [0.4, 0.5) is 5.69 Å². The average Bonchev–Trinajstić information content (AvgIpc) is 3.66. The van der Waals surface area contributed by atoms with Crippen LogP contribution in [0.5, 0.6) is 0 Å². The lowest BCUT2D eigenvalue weighted by molar-refractivity contribution is -0.119. The molecule has 1 aliphatic rings. The monoisotopic (exact) mass is 529 g/mol. The van der Waals surface area contributed by atoms with Gasteiger partial charge in [0, 0.05) is 44.0 Å². The molecule has 0 bridgehead atoms. The number of rotatable bonds is 7. The molecule has 4 aromatic rings. The number of aromatic nitrogens is 5. The van der Waals surface area contributed by atoms with Crippen LogP contribution in [0.1, 0.15) is 49.0 Å². The second-order valence-corrected chi connectivity index (χ2v) is 10.4. The van der Waals surface area contributed by atoms with Gasteiger partial charge in [-0.25, -0.2) is 4.52 Å². The minimum absolute atomic E-state index is 0.0485. The number of amides is 2. The zero-order chi connectivity index (χ0) is 26.8. The van der Waals surface area contributed by atoms with Gasteiger partial charge in [0.25, 0.3) is 5.91 Å². The van der Waals surface area contributed by atoms with Gasteiger partial charge in [-0.3, -0.25) is 14.6 Å². The van der Waals surface area contributed by atoms with Crippen molar-refractivity contribution >= 4 is 34.4 Å². The van der Waals surface area contributed by atoms with Crippen molar-refractivity contribution in [2.45, 2.75) is 45.7 Å². The first-order valence-corrected chi connectivity index (χ1v) is 13.2. The lowest BCUT2D eigenvalue weighted by Crippen LogP contribution is -2.42.